The van der Waals surface area contributed by atoms with Crippen LogP contribution in [0.5, 0.6) is 0 Å². The smallest absolute Gasteiger partial charge is 0.398 e. The highest BCUT2D eigenvalue weighted by atomic mass is 19.4. The molecule has 0 aliphatic carbocycles. The van der Waals surface area contributed by atoms with Crippen molar-refractivity contribution in [3.63, 3.8) is 0 Å². The Morgan fingerprint density at radius 3 is 2.00 bits per heavy atom. The lowest BCUT2D eigenvalue weighted by molar-refractivity contribution is -0.138. The van der Waals surface area contributed by atoms with E-state index in [4.69, 9.17) is 5.73 Å². The van der Waals surface area contributed by atoms with Crippen molar-refractivity contribution in [3.8, 4) is 0 Å². The van der Waals surface area contributed by atoms with Crippen LogP contribution in [-0.4, -0.2) is 0 Å². The maximum atomic E-state index is 12.6. The molecule has 1 aromatic rings. The van der Waals surface area contributed by atoms with Crippen LogP contribution in [0.4, 0.5) is 18.9 Å². The van der Waals surface area contributed by atoms with Gasteiger partial charge in [0.1, 0.15) is 0 Å². The molecule has 78 valence electrons. The van der Waals surface area contributed by atoms with E-state index in [0.29, 0.717) is 5.56 Å². The first-order valence-electron chi connectivity index (χ1n) is 4.18. The van der Waals surface area contributed by atoms with Gasteiger partial charge in [0, 0.05) is 5.69 Å². The molecular formula is C10H12F3N. The first kappa shape index (κ1) is 10.9. The summed E-state index contributed by atoms with van der Waals surface area (Å²) in [5.41, 5.74) is 6.02. The molecule has 0 amide bonds. The fourth-order valence-electron chi connectivity index (χ4n) is 1.50. The van der Waals surface area contributed by atoms with E-state index < -0.39 is 11.7 Å². The van der Waals surface area contributed by atoms with Gasteiger partial charge in [0.2, 0.25) is 0 Å². The molecule has 2 N–H and O–H groups in total. The van der Waals surface area contributed by atoms with Crippen LogP contribution in [0.15, 0.2) is 6.07 Å². The average molecular weight is 203 g/mol. The highest BCUT2D eigenvalue weighted by Gasteiger charge is 2.35. The predicted molar refractivity (Wildman–Crippen MR) is 50.1 cm³/mol. The van der Waals surface area contributed by atoms with E-state index in [-0.39, 0.29) is 16.8 Å². The van der Waals surface area contributed by atoms with Gasteiger partial charge in [0.05, 0.1) is 5.56 Å². The van der Waals surface area contributed by atoms with Gasteiger partial charge in [0.15, 0.2) is 0 Å². The van der Waals surface area contributed by atoms with E-state index in [2.05, 4.69) is 0 Å². The Morgan fingerprint density at radius 2 is 1.57 bits per heavy atom. The van der Waals surface area contributed by atoms with E-state index in [1.165, 1.54) is 13.8 Å². The van der Waals surface area contributed by atoms with Crippen LogP contribution in [-0.2, 0) is 6.18 Å². The maximum Gasteiger partial charge on any atom is 0.417 e. The van der Waals surface area contributed by atoms with Crippen LogP contribution in [0.25, 0.3) is 0 Å². The minimum Gasteiger partial charge on any atom is -0.398 e. The van der Waals surface area contributed by atoms with Crippen molar-refractivity contribution in [2.45, 2.75) is 26.9 Å². The number of nitrogen functional groups attached to an aromatic ring is 1. The first-order chi connectivity index (χ1) is 6.25. The third-order valence-electron chi connectivity index (χ3n) is 2.43. The summed E-state index contributed by atoms with van der Waals surface area (Å²) in [6.07, 6.45) is -4.33. The molecule has 0 unspecified atom stereocenters. The monoisotopic (exact) mass is 203 g/mol. The summed E-state index contributed by atoms with van der Waals surface area (Å²) in [6.45, 7) is 4.48. The van der Waals surface area contributed by atoms with Crippen LogP contribution >= 0.6 is 0 Å². The molecule has 0 aromatic heterocycles. The average Bonchev–Trinajstić information content (AvgIpc) is 1.98. The third-order valence-corrected chi connectivity index (χ3v) is 2.43. The van der Waals surface area contributed by atoms with Crippen LogP contribution in [0, 0.1) is 20.8 Å². The molecule has 0 aliphatic rings. The first-order valence-corrected chi connectivity index (χ1v) is 4.18. The number of hydrogen-bond acceptors (Lipinski definition) is 1. The largest absolute Gasteiger partial charge is 0.417 e. The number of alkyl halides is 3. The lowest BCUT2D eigenvalue weighted by Gasteiger charge is -2.17. The van der Waals surface area contributed by atoms with E-state index in [9.17, 15) is 13.2 Å². The minimum absolute atomic E-state index is 0.112. The third kappa shape index (κ3) is 1.69. The van der Waals surface area contributed by atoms with Gasteiger partial charge in [-0.25, -0.2) is 0 Å². The Bertz CT molecular complexity index is 340. The van der Waals surface area contributed by atoms with Gasteiger partial charge in [-0.05, 0) is 43.5 Å². The fraction of sp³-hybridized carbons (Fsp3) is 0.400. The maximum absolute atomic E-state index is 12.6. The summed E-state index contributed by atoms with van der Waals surface area (Å²) in [4.78, 5) is 0. The molecule has 14 heavy (non-hydrogen) atoms. The minimum atomic E-state index is -4.33. The molecule has 0 saturated heterocycles. The molecule has 1 rings (SSSR count). The highest BCUT2D eigenvalue weighted by molar-refractivity contribution is 5.57. The van der Waals surface area contributed by atoms with Crippen LogP contribution in [0.1, 0.15) is 22.3 Å². The normalized spacial score (nSPS) is 11.9. The molecule has 0 aliphatic heterocycles. The Kier molecular flexibility index (Phi) is 2.48. The second-order valence-electron chi connectivity index (χ2n) is 3.41. The molecule has 0 spiro atoms. The lowest BCUT2D eigenvalue weighted by atomic mass is 9.96. The van der Waals surface area contributed by atoms with E-state index >= 15 is 0 Å². The Morgan fingerprint density at radius 1 is 1.07 bits per heavy atom. The van der Waals surface area contributed by atoms with Crippen LogP contribution in [0.3, 0.4) is 0 Å². The second kappa shape index (κ2) is 3.19. The molecular weight excluding hydrogens is 191 g/mol. The fourth-order valence-corrected chi connectivity index (χ4v) is 1.50. The molecule has 1 aromatic carbocycles. The van der Waals surface area contributed by atoms with Crippen molar-refractivity contribution >= 4 is 5.69 Å². The molecule has 0 bridgehead atoms. The zero-order chi connectivity index (χ0) is 11.1. The Balaban J connectivity index is 3.56. The number of nitrogens with two attached hydrogens (primary N) is 1. The summed E-state index contributed by atoms with van der Waals surface area (Å²) in [5, 5.41) is 0. The van der Waals surface area contributed by atoms with Gasteiger partial charge in [-0.2, -0.15) is 13.2 Å². The van der Waals surface area contributed by atoms with Gasteiger partial charge in [-0.1, -0.05) is 0 Å². The van der Waals surface area contributed by atoms with Crippen molar-refractivity contribution < 1.29 is 13.2 Å². The quantitative estimate of drug-likeness (QED) is 0.644. The second-order valence-corrected chi connectivity index (χ2v) is 3.41. The van der Waals surface area contributed by atoms with Gasteiger partial charge in [-0.15, -0.1) is 0 Å². The molecule has 0 saturated carbocycles. The van der Waals surface area contributed by atoms with E-state index in [0.717, 1.165) is 0 Å². The van der Waals surface area contributed by atoms with Crippen molar-refractivity contribution in [2.24, 2.45) is 0 Å². The summed E-state index contributed by atoms with van der Waals surface area (Å²) in [6, 6.07) is 1.57. The number of benzene rings is 1. The van der Waals surface area contributed by atoms with Crippen molar-refractivity contribution in [1.82, 2.24) is 0 Å². The number of anilines is 1. The summed E-state index contributed by atoms with van der Waals surface area (Å²) >= 11 is 0. The lowest BCUT2D eigenvalue weighted by Crippen LogP contribution is -2.12. The summed E-state index contributed by atoms with van der Waals surface area (Å²) in [7, 11) is 0. The van der Waals surface area contributed by atoms with Crippen molar-refractivity contribution in [3.05, 3.63) is 28.3 Å². The van der Waals surface area contributed by atoms with Crippen LogP contribution < -0.4 is 5.73 Å². The SMILES string of the molecule is Cc1cc(N)c(C)c(C(F)(F)F)c1C. The number of hydrogen-bond donors (Lipinski definition) is 1. The van der Waals surface area contributed by atoms with Crippen molar-refractivity contribution in [2.75, 3.05) is 5.73 Å². The van der Waals surface area contributed by atoms with E-state index in [1.54, 1.807) is 13.0 Å². The Labute approximate surface area is 80.7 Å². The van der Waals surface area contributed by atoms with Gasteiger partial charge >= 0.3 is 6.18 Å². The molecule has 0 radical (unpaired) electrons. The molecule has 4 heteroatoms. The van der Waals surface area contributed by atoms with Crippen LogP contribution in [0.2, 0.25) is 0 Å². The van der Waals surface area contributed by atoms with Crippen molar-refractivity contribution in [1.29, 1.82) is 0 Å². The number of rotatable bonds is 0. The van der Waals surface area contributed by atoms with Gasteiger partial charge < -0.3 is 5.73 Å². The predicted octanol–water partition coefficient (Wildman–Crippen LogP) is 3.21. The van der Waals surface area contributed by atoms with Gasteiger partial charge in [-0.3, -0.25) is 0 Å². The standard InChI is InChI=1S/C10H12F3N/c1-5-4-8(14)7(3)9(6(5)2)10(11,12)13/h4H,14H2,1-3H3. The zero-order valence-corrected chi connectivity index (χ0v) is 8.29. The summed E-state index contributed by atoms with van der Waals surface area (Å²) in [5.74, 6) is 0. The molecule has 0 fully saturated rings. The molecule has 1 nitrogen and oxygen atoms in total. The van der Waals surface area contributed by atoms with Gasteiger partial charge in [0.25, 0.3) is 0 Å². The highest BCUT2D eigenvalue weighted by Crippen LogP contribution is 2.37. The number of halogens is 3. The number of aryl methyl sites for hydroxylation is 1. The zero-order valence-electron chi connectivity index (χ0n) is 8.29. The van der Waals surface area contributed by atoms with E-state index in [1.807, 2.05) is 0 Å². The Hall–Kier alpha value is -1.19. The topological polar surface area (TPSA) is 26.0 Å². The summed E-state index contributed by atoms with van der Waals surface area (Å²) < 4.78 is 37.8. The molecule has 0 atom stereocenters. The molecule has 0 heterocycles.